The minimum absolute atomic E-state index is 0.418. The van der Waals surface area contributed by atoms with E-state index in [1.54, 1.807) is 0 Å². The minimum Gasteiger partial charge on any atom is -0.399 e. The van der Waals surface area contributed by atoms with Crippen LogP contribution < -0.4 is 11.1 Å². The first-order valence-electron chi connectivity index (χ1n) is 6.00. The van der Waals surface area contributed by atoms with Gasteiger partial charge in [0.05, 0.1) is 18.2 Å². The van der Waals surface area contributed by atoms with Crippen LogP contribution in [0.25, 0.3) is 0 Å². The van der Waals surface area contributed by atoms with Crippen molar-refractivity contribution in [1.29, 1.82) is 0 Å². The average Bonchev–Trinajstić information content (AvgIpc) is 2.84. The molecule has 3 N–H and O–H groups in total. The van der Waals surface area contributed by atoms with E-state index < -0.39 is 0 Å². The third-order valence-corrected chi connectivity index (χ3v) is 3.70. The first kappa shape index (κ1) is 9.97. The van der Waals surface area contributed by atoms with Crippen LogP contribution in [0.4, 0.5) is 11.4 Å². The molecule has 0 aliphatic carbocycles. The molecule has 0 saturated carbocycles. The Morgan fingerprint density at radius 1 is 1.38 bits per heavy atom. The van der Waals surface area contributed by atoms with Crippen LogP contribution in [-0.2, 0) is 4.74 Å². The van der Waals surface area contributed by atoms with Crippen molar-refractivity contribution < 1.29 is 4.74 Å². The lowest BCUT2D eigenvalue weighted by Gasteiger charge is -2.22. The number of nitrogens with two attached hydrogens (primary N) is 1. The number of nitrogen functional groups attached to an aromatic ring is 1. The van der Waals surface area contributed by atoms with Gasteiger partial charge in [-0.15, -0.1) is 0 Å². The standard InChI is InChI=1S/C13H18N2O/c1-8-6-9(14)2-4-11(8)15-12-7-10-3-5-13(12)16-10/h2,4,6,10,12-13,15H,3,5,7,14H2,1H3. The molecule has 0 radical (unpaired) electrons. The molecule has 3 heteroatoms. The van der Waals surface area contributed by atoms with E-state index in [1.807, 2.05) is 12.1 Å². The summed E-state index contributed by atoms with van der Waals surface area (Å²) in [6.07, 6.45) is 4.51. The highest BCUT2D eigenvalue weighted by Crippen LogP contribution is 2.36. The summed E-state index contributed by atoms with van der Waals surface area (Å²) in [7, 11) is 0. The lowest BCUT2D eigenvalue weighted by atomic mass is 9.95. The summed E-state index contributed by atoms with van der Waals surface area (Å²) in [5.41, 5.74) is 8.97. The molecular weight excluding hydrogens is 200 g/mol. The fraction of sp³-hybridized carbons (Fsp3) is 0.538. The predicted octanol–water partition coefficient (Wildman–Crippen LogP) is 2.31. The number of ether oxygens (including phenoxy) is 1. The molecule has 2 fully saturated rings. The Morgan fingerprint density at radius 3 is 2.88 bits per heavy atom. The van der Waals surface area contributed by atoms with Crippen molar-refractivity contribution in [2.45, 2.75) is 44.4 Å². The predicted molar refractivity (Wildman–Crippen MR) is 65.5 cm³/mol. The van der Waals surface area contributed by atoms with E-state index >= 15 is 0 Å². The number of aryl methyl sites for hydroxylation is 1. The Balaban J connectivity index is 1.74. The first-order chi connectivity index (χ1) is 7.72. The lowest BCUT2D eigenvalue weighted by molar-refractivity contribution is 0.102. The average molecular weight is 218 g/mol. The molecule has 2 heterocycles. The van der Waals surface area contributed by atoms with Crippen LogP contribution in [0, 0.1) is 6.92 Å². The van der Waals surface area contributed by atoms with Crippen molar-refractivity contribution in [3.63, 3.8) is 0 Å². The molecule has 3 nitrogen and oxygen atoms in total. The van der Waals surface area contributed by atoms with Crippen LogP contribution in [0.2, 0.25) is 0 Å². The quantitative estimate of drug-likeness (QED) is 0.749. The molecule has 0 amide bonds. The zero-order valence-electron chi connectivity index (χ0n) is 9.57. The van der Waals surface area contributed by atoms with Gasteiger partial charge in [-0.05, 0) is 49.9 Å². The van der Waals surface area contributed by atoms with Crippen molar-refractivity contribution >= 4 is 11.4 Å². The summed E-state index contributed by atoms with van der Waals surface area (Å²) >= 11 is 0. The van der Waals surface area contributed by atoms with Crippen molar-refractivity contribution in [2.75, 3.05) is 11.1 Å². The fourth-order valence-corrected chi connectivity index (χ4v) is 2.84. The van der Waals surface area contributed by atoms with Crippen molar-refractivity contribution in [2.24, 2.45) is 0 Å². The van der Waals surface area contributed by atoms with Crippen LogP contribution in [0.5, 0.6) is 0 Å². The van der Waals surface area contributed by atoms with Crippen LogP contribution in [0.15, 0.2) is 18.2 Å². The summed E-state index contributed by atoms with van der Waals surface area (Å²) in [6.45, 7) is 2.09. The maximum Gasteiger partial charge on any atom is 0.0781 e. The smallest absolute Gasteiger partial charge is 0.0781 e. The van der Waals surface area contributed by atoms with Crippen LogP contribution >= 0.6 is 0 Å². The highest BCUT2D eigenvalue weighted by molar-refractivity contribution is 5.58. The molecule has 2 saturated heterocycles. The normalized spacial score (nSPS) is 31.9. The Morgan fingerprint density at radius 2 is 2.25 bits per heavy atom. The number of fused-ring (bicyclic) bond motifs is 2. The van der Waals surface area contributed by atoms with E-state index in [9.17, 15) is 0 Å². The summed E-state index contributed by atoms with van der Waals surface area (Å²) in [6, 6.07) is 6.51. The van der Waals surface area contributed by atoms with Gasteiger partial charge in [-0.3, -0.25) is 0 Å². The number of benzene rings is 1. The summed E-state index contributed by atoms with van der Waals surface area (Å²) in [5.74, 6) is 0. The van der Waals surface area contributed by atoms with Gasteiger partial charge in [-0.1, -0.05) is 0 Å². The van der Waals surface area contributed by atoms with Crippen LogP contribution in [0.1, 0.15) is 24.8 Å². The lowest BCUT2D eigenvalue weighted by Crippen LogP contribution is -2.30. The van der Waals surface area contributed by atoms with Crippen LogP contribution in [0.3, 0.4) is 0 Å². The Hall–Kier alpha value is -1.22. The van der Waals surface area contributed by atoms with Crippen LogP contribution in [-0.4, -0.2) is 18.2 Å². The Bertz CT molecular complexity index is 405. The van der Waals surface area contributed by atoms with Gasteiger partial charge in [-0.2, -0.15) is 0 Å². The molecule has 3 atom stereocenters. The third-order valence-electron chi connectivity index (χ3n) is 3.70. The zero-order chi connectivity index (χ0) is 11.1. The second-order valence-electron chi connectivity index (χ2n) is 4.93. The van der Waals surface area contributed by atoms with E-state index in [1.165, 1.54) is 24.1 Å². The molecule has 2 bridgehead atoms. The van der Waals surface area contributed by atoms with E-state index in [4.69, 9.17) is 10.5 Å². The molecule has 86 valence electrons. The van der Waals surface area contributed by atoms with E-state index in [-0.39, 0.29) is 0 Å². The van der Waals surface area contributed by atoms with Gasteiger partial charge in [0.2, 0.25) is 0 Å². The fourth-order valence-electron chi connectivity index (χ4n) is 2.84. The van der Waals surface area contributed by atoms with Gasteiger partial charge in [0.25, 0.3) is 0 Å². The highest BCUT2D eigenvalue weighted by Gasteiger charge is 2.40. The number of nitrogens with one attached hydrogen (secondary N) is 1. The molecule has 0 spiro atoms. The molecular formula is C13H18N2O. The summed E-state index contributed by atoms with van der Waals surface area (Å²) in [4.78, 5) is 0. The van der Waals surface area contributed by atoms with Gasteiger partial charge in [0, 0.05) is 11.4 Å². The monoisotopic (exact) mass is 218 g/mol. The minimum atomic E-state index is 0.418. The van der Waals surface area contributed by atoms with Gasteiger partial charge in [0.15, 0.2) is 0 Å². The zero-order valence-corrected chi connectivity index (χ0v) is 9.57. The first-order valence-corrected chi connectivity index (χ1v) is 6.00. The topological polar surface area (TPSA) is 47.3 Å². The maximum atomic E-state index is 5.83. The summed E-state index contributed by atoms with van der Waals surface area (Å²) < 4.78 is 5.83. The van der Waals surface area contributed by atoms with Gasteiger partial charge < -0.3 is 15.8 Å². The number of anilines is 2. The SMILES string of the molecule is Cc1cc(N)ccc1NC1CC2CCC1O2. The Labute approximate surface area is 96.0 Å². The van der Waals surface area contributed by atoms with Gasteiger partial charge >= 0.3 is 0 Å². The molecule has 1 aromatic rings. The molecule has 2 aliphatic heterocycles. The molecule has 1 aromatic carbocycles. The third kappa shape index (κ3) is 1.65. The maximum absolute atomic E-state index is 5.83. The molecule has 0 aromatic heterocycles. The molecule has 16 heavy (non-hydrogen) atoms. The number of hydrogen-bond donors (Lipinski definition) is 2. The number of rotatable bonds is 2. The van der Waals surface area contributed by atoms with Gasteiger partial charge in [0.1, 0.15) is 0 Å². The van der Waals surface area contributed by atoms with Crippen molar-refractivity contribution in [3.05, 3.63) is 23.8 Å². The van der Waals surface area contributed by atoms with Gasteiger partial charge in [-0.25, -0.2) is 0 Å². The second kappa shape index (κ2) is 3.67. The van der Waals surface area contributed by atoms with Crippen molar-refractivity contribution in [1.82, 2.24) is 0 Å². The van der Waals surface area contributed by atoms with E-state index in [2.05, 4.69) is 18.3 Å². The largest absolute Gasteiger partial charge is 0.399 e. The number of hydrogen-bond acceptors (Lipinski definition) is 3. The molecule has 2 aliphatic rings. The van der Waals surface area contributed by atoms with Crippen molar-refractivity contribution in [3.8, 4) is 0 Å². The Kier molecular flexibility index (Phi) is 2.28. The highest BCUT2D eigenvalue weighted by atomic mass is 16.5. The van der Waals surface area contributed by atoms with E-state index in [0.717, 1.165) is 12.1 Å². The summed E-state index contributed by atoms with van der Waals surface area (Å²) in [5, 5.41) is 3.59. The van der Waals surface area contributed by atoms with E-state index in [0.29, 0.717) is 18.2 Å². The molecule has 3 unspecified atom stereocenters. The second-order valence-corrected chi connectivity index (χ2v) is 4.93. The molecule has 3 rings (SSSR count).